The Balaban J connectivity index is 1.46. The van der Waals surface area contributed by atoms with Gasteiger partial charge in [-0.25, -0.2) is 9.18 Å². The summed E-state index contributed by atoms with van der Waals surface area (Å²) in [6, 6.07) is 1.30. The van der Waals surface area contributed by atoms with Crippen molar-refractivity contribution in [3.63, 3.8) is 0 Å². The minimum Gasteiger partial charge on any atom is -0.492 e. The fraction of sp³-hybridized carbons (Fsp3) is 0.643. The normalized spacial score (nSPS) is 16.6. The average Bonchev–Trinajstić information content (AvgIpc) is 3.71. The first kappa shape index (κ1) is 26.5. The lowest BCUT2D eigenvalue weighted by Gasteiger charge is -2.37. The maximum Gasteiger partial charge on any atom is 0.341 e. The number of fused-ring (bicyclic) bond motifs is 1. The summed E-state index contributed by atoms with van der Waals surface area (Å²) >= 11 is 0. The predicted molar refractivity (Wildman–Crippen MR) is 141 cm³/mol. The van der Waals surface area contributed by atoms with Crippen molar-refractivity contribution in [2.75, 3.05) is 44.7 Å². The summed E-state index contributed by atoms with van der Waals surface area (Å²) in [5.74, 6) is -1.52. The lowest BCUT2D eigenvalue weighted by atomic mass is 10.1. The first-order chi connectivity index (χ1) is 17.5. The van der Waals surface area contributed by atoms with Gasteiger partial charge in [0, 0.05) is 38.4 Å². The van der Waals surface area contributed by atoms with Crippen molar-refractivity contribution in [1.29, 1.82) is 0 Å². The highest BCUT2D eigenvalue weighted by Gasteiger charge is 2.32. The number of carboxylic acids is 1. The number of aromatic nitrogens is 1. The number of carboxylic acid groups (broad SMARTS) is 1. The molecule has 2 aliphatic rings. The van der Waals surface area contributed by atoms with E-state index in [1.807, 2.05) is 4.90 Å². The minimum absolute atomic E-state index is 0.0632. The number of ether oxygens (including phenoxy) is 1. The van der Waals surface area contributed by atoms with Crippen LogP contribution in [0.3, 0.4) is 0 Å². The number of unbranched alkanes of at least 4 members (excludes halogenated alkanes) is 7. The monoisotopic (exact) mass is 501 g/mol. The van der Waals surface area contributed by atoms with Crippen molar-refractivity contribution in [2.24, 2.45) is 0 Å². The number of pyridine rings is 1. The van der Waals surface area contributed by atoms with Gasteiger partial charge in [-0.05, 0) is 31.9 Å². The van der Waals surface area contributed by atoms with Crippen LogP contribution >= 0.6 is 0 Å². The zero-order valence-electron chi connectivity index (χ0n) is 21.7. The van der Waals surface area contributed by atoms with Crippen molar-refractivity contribution in [3.8, 4) is 5.75 Å². The third kappa shape index (κ3) is 5.85. The number of halogens is 1. The molecule has 0 radical (unpaired) electrons. The molecule has 2 fully saturated rings. The van der Waals surface area contributed by atoms with E-state index in [2.05, 4.69) is 11.8 Å². The van der Waals surface area contributed by atoms with Gasteiger partial charge in [-0.15, -0.1) is 0 Å². The van der Waals surface area contributed by atoms with E-state index in [4.69, 9.17) is 4.74 Å². The van der Waals surface area contributed by atoms with E-state index in [0.29, 0.717) is 30.0 Å². The van der Waals surface area contributed by atoms with Crippen molar-refractivity contribution >= 4 is 22.6 Å². The molecule has 198 valence electrons. The van der Waals surface area contributed by atoms with Gasteiger partial charge in [0.25, 0.3) is 0 Å². The van der Waals surface area contributed by atoms with Crippen LogP contribution in [0.5, 0.6) is 5.75 Å². The summed E-state index contributed by atoms with van der Waals surface area (Å²) in [4.78, 5) is 29.0. The Morgan fingerprint density at radius 1 is 1.06 bits per heavy atom. The molecule has 4 rings (SSSR count). The number of hydrogen-bond acceptors (Lipinski definition) is 5. The van der Waals surface area contributed by atoms with Gasteiger partial charge < -0.3 is 19.3 Å². The molecular formula is C28H40FN3O4. The van der Waals surface area contributed by atoms with E-state index in [1.54, 1.807) is 4.57 Å². The molecule has 7 nitrogen and oxygen atoms in total. The standard InChI is InChI=1S/C28H40FN3O4/c1-3-4-5-6-7-8-9-10-13-30-14-16-31(17-15-30)25-23(29)18-21-24(27(25)36-2)32(20-11-12-20)19-22(26(21)33)28(34)35/h18-20H,3-17H2,1-2H3,(H,34,35). The van der Waals surface area contributed by atoms with Gasteiger partial charge in [0.2, 0.25) is 5.43 Å². The maximum atomic E-state index is 15.5. The number of benzene rings is 1. The first-order valence-corrected chi connectivity index (χ1v) is 13.6. The Kier molecular flexibility index (Phi) is 8.88. The number of aromatic carboxylic acids is 1. The van der Waals surface area contributed by atoms with Crippen molar-refractivity contribution in [2.45, 2.75) is 77.2 Å². The Morgan fingerprint density at radius 3 is 2.28 bits per heavy atom. The molecule has 0 atom stereocenters. The van der Waals surface area contributed by atoms with Crippen LogP contribution in [0.15, 0.2) is 17.1 Å². The highest BCUT2D eigenvalue weighted by Crippen LogP contribution is 2.43. The number of carbonyl (C=O) groups is 1. The number of hydrogen-bond donors (Lipinski definition) is 1. The van der Waals surface area contributed by atoms with Gasteiger partial charge in [0.15, 0.2) is 11.6 Å². The SMILES string of the molecule is CCCCCCCCCCN1CCN(c2c(F)cc3c(=O)c(C(=O)O)cn(C4CC4)c3c2OC)CC1. The van der Waals surface area contributed by atoms with Crippen LogP contribution in [-0.2, 0) is 0 Å². The smallest absolute Gasteiger partial charge is 0.341 e. The van der Waals surface area contributed by atoms with E-state index in [-0.39, 0.29) is 17.0 Å². The van der Waals surface area contributed by atoms with Gasteiger partial charge in [-0.2, -0.15) is 0 Å². The first-order valence-electron chi connectivity index (χ1n) is 13.6. The molecule has 1 aromatic heterocycles. The Bertz CT molecular complexity index is 1120. The highest BCUT2D eigenvalue weighted by atomic mass is 19.1. The minimum atomic E-state index is -1.30. The summed E-state index contributed by atoms with van der Waals surface area (Å²) in [5, 5.41) is 9.58. The molecule has 8 heteroatoms. The van der Waals surface area contributed by atoms with Gasteiger partial charge in [-0.1, -0.05) is 51.9 Å². The molecule has 1 saturated heterocycles. The zero-order valence-corrected chi connectivity index (χ0v) is 21.7. The average molecular weight is 502 g/mol. The summed E-state index contributed by atoms with van der Waals surface area (Å²) < 4.78 is 23.0. The second-order valence-electron chi connectivity index (χ2n) is 10.3. The van der Waals surface area contributed by atoms with Gasteiger partial charge >= 0.3 is 5.97 Å². The number of methoxy groups -OCH3 is 1. The summed E-state index contributed by atoms with van der Waals surface area (Å²) in [6.45, 7) is 6.37. The Morgan fingerprint density at radius 2 is 1.69 bits per heavy atom. The number of rotatable bonds is 13. The zero-order chi connectivity index (χ0) is 25.7. The van der Waals surface area contributed by atoms with E-state index < -0.39 is 17.2 Å². The lowest BCUT2D eigenvalue weighted by Crippen LogP contribution is -2.47. The van der Waals surface area contributed by atoms with Crippen molar-refractivity contribution < 1.29 is 19.0 Å². The molecule has 0 spiro atoms. The summed E-state index contributed by atoms with van der Waals surface area (Å²) in [7, 11) is 1.49. The molecule has 1 saturated carbocycles. The molecule has 0 unspecified atom stereocenters. The van der Waals surface area contributed by atoms with Crippen LogP contribution in [0.25, 0.3) is 10.9 Å². The van der Waals surface area contributed by atoms with Gasteiger partial charge in [-0.3, -0.25) is 9.69 Å². The van der Waals surface area contributed by atoms with Gasteiger partial charge in [0.05, 0.1) is 18.0 Å². The molecule has 1 aliphatic carbocycles. The number of nitrogens with zero attached hydrogens (tertiary/aromatic N) is 3. The maximum absolute atomic E-state index is 15.5. The Hall–Kier alpha value is -2.61. The third-order valence-corrected chi connectivity index (χ3v) is 7.59. The van der Waals surface area contributed by atoms with E-state index in [9.17, 15) is 14.7 Å². The van der Waals surface area contributed by atoms with E-state index in [1.165, 1.54) is 70.7 Å². The van der Waals surface area contributed by atoms with Crippen LogP contribution in [0.1, 0.15) is 87.5 Å². The largest absolute Gasteiger partial charge is 0.492 e. The summed E-state index contributed by atoms with van der Waals surface area (Å²) in [6.07, 6.45) is 13.6. The molecule has 36 heavy (non-hydrogen) atoms. The molecule has 0 amide bonds. The van der Waals surface area contributed by atoms with E-state index in [0.717, 1.165) is 32.5 Å². The second kappa shape index (κ2) is 12.1. The van der Waals surface area contributed by atoms with Gasteiger partial charge in [0.1, 0.15) is 11.3 Å². The summed E-state index contributed by atoms with van der Waals surface area (Å²) in [5.41, 5.74) is -0.145. The predicted octanol–water partition coefficient (Wildman–Crippen LogP) is 5.45. The van der Waals surface area contributed by atoms with Crippen LogP contribution < -0.4 is 15.1 Å². The Labute approximate surface area is 212 Å². The second-order valence-corrected chi connectivity index (χ2v) is 10.3. The van der Waals surface area contributed by atoms with Crippen LogP contribution in [-0.4, -0.2) is 60.4 Å². The van der Waals surface area contributed by atoms with Crippen molar-refractivity contribution in [1.82, 2.24) is 9.47 Å². The molecule has 1 aromatic carbocycles. The number of piperazine rings is 1. The fourth-order valence-electron chi connectivity index (χ4n) is 5.39. The van der Waals surface area contributed by atoms with Crippen LogP contribution in [0.4, 0.5) is 10.1 Å². The molecule has 0 bridgehead atoms. The fourth-order valence-corrected chi connectivity index (χ4v) is 5.39. The van der Waals surface area contributed by atoms with Crippen molar-refractivity contribution in [3.05, 3.63) is 33.9 Å². The quantitative estimate of drug-likeness (QED) is 0.368. The molecule has 1 N–H and O–H groups in total. The highest BCUT2D eigenvalue weighted by molar-refractivity contribution is 5.97. The molecular weight excluding hydrogens is 461 g/mol. The van der Waals surface area contributed by atoms with Crippen LogP contribution in [0, 0.1) is 5.82 Å². The number of anilines is 1. The molecule has 1 aliphatic heterocycles. The molecule has 2 heterocycles. The van der Waals surface area contributed by atoms with E-state index >= 15 is 4.39 Å². The topological polar surface area (TPSA) is 75.0 Å². The third-order valence-electron chi connectivity index (χ3n) is 7.59. The van der Waals surface area contributed by atoms with Crippen LogP contribution in [0.2, 0.25) is 0 Å². The lowest BCUT2D eigenvalue weighted by molar-refractivity contribution is 0.0694. The molecule has 2 aromatic rings.